The molecule has 5 rings (SSSR count). The largest absolute Gasteiger partial charge is 0.416 e. The molecule has 0 saturated heterocycles. The molecule has 37 heavy (non-hydrogen) atoms. The van der Waals surface area contributed by atoms with E-state index >= 15 is 0 Å². The number of aliphatic imine (C=N–C) groups is 3. The summed E-state index contributed by atoms with van der Waals surface area (Å²) in [6, 6.07) is 9.35. The summed E-state index contributed by atoms with van der Waals surface area (Å²) in [5, 5.41) is 2.52. The molecule has 1 unspecified atom stereocenters. The summed E-state index contributed by atoms with van der Waals surface area (Å²) in [5.74, 6) is 0.565. The number of hydrogen-bond donors (Lipinski definition) is 2. The van der Waals surface area contributed by atoms with E-state index in [1.165, 1.54) is 18.5 Å². The number of nitrogens with one attached hydrogen (secondary N) is 2. The average Bonchev–Trinajstić information content (AvgIpc) is 3.26. The number of amides is 1. The van der Waals surface area contributed by atoms with Crippen molar-refractivity contribution in [3.05, 3.63) is 83.4 Å². The number of anilines is 1. The highest BCUT2D eigenvalue weighted by Gasteiger charge is 2.36. The first-order valence-corrected chi connectivity index (χ1v) is 11.1. The maximum absolute atomic E-state index is 13.0. The van der Waals surface area contributed by atoms with Gasteiger partial charge >= 0.3 is 6.18 Å². The summed E-state index contributed by atoms with van der Waals surface area (Å²) in [6.07, 6.45) is 1.97. The Morgan fingerprint density at radius 1 is 1.11 bits per heavy atom. The Bertz CT molecular complexity index is 1510. The number of hydrazine groups is 1. The normalized spacial score (nSPS) is 17.9. The molecule has 9 nitrogen and oxygen atoms in total. The van der Waals surface area contributed by atoms with Crippen molar-refractivity contribution < 1.29 is 22.7 Å². The maximum Gasteiger partial charge on any atom is 0.416 e. The van der Waals surface area contributed by atoms with Gasteiger partial charge in [-0.2, -0.15) is 18.6 Å². The fourth-order valence-corrected chi connectivity index (χ4v) is 3.79. The monoisotopic (exact) mass is 505 g/mol. The zero-order chi connectivity index (χ0) is 26.2. The van der Waals surface area contributed by atoms with Crippen molar-refractivity contribution >= 4 is 41.0 Å². The van der Waals surface area contributed by atoms with Crippen molar-refractivity contribution in [2.45, 2.75) is 13.1 Å². The van der Waals surface area contributed by atoms with E-state index < -0.39 is 17.6 Å². The van der Waals surface area contributed by atoms with Crippen molar-refractivity contribution in [3.63, 3.8) is 0 Å². The van der Waals surface area contributed by atoms with Crippen LogP contribution in [0.5, 0.6) is 0 Å². The molecular weight excluding hydrogens is 485 g/mol. The lowest BCUT2D eigenvalue weighted by atomic mass is 10.1. The van der Waals surface area contributed by atoms with Crippen molar-refractivity contribution in [3.8, 4) is 0 Å². The van der Waals surface area contributed by atoms with Crippen molar-refractivity contribution in [2.24, 2.45) is 20.9 Å². The molecule has 3 heterocycles. The number of nitrogens with zero attached hydrogens (tertiary/aromatic N) is 6. The first-order valence-electron chi connectivity index (χ1n) is 11.1. The smallest absolute Gasteiger partial charge is 0.322 e. The van der Waals surface area contributed by atoms with Crippen molar-refractivity contribution in [1.29, 1.82) is 0 Å². The lowest BCUT2D eigenvalue weighted by Gasteiger charge is -2.14. The fourth-order valence-electron chi connectivity index (χ4n) is 3.79. The van der Waals surface area contributed by atoms with Crippen LogP contribution in [0.3, 0.4) is 0 Å². The zero-order valence-corrected chi connectivity index (χ0v) is 19.7. The molecular formula is C25H20F3N8O+. The Balaban J connectivity index is 1.47. The van der Waals surface area contributed by atoms with E-state index in [-0.39, 0.29) is 17.2 Å². The number of halogens is 3. The Labute approximate surface area is 209 Å². The van der Waals surface area contributed by atoms with Crippen LogP contribution in [-0.2, 0) is 6.18 Å². The molecule has 0 spiro atoms. The number of benzene rings is 2. The number of fused-ring (bicyclic) bond motifs is 1. The Kier molecular flexibility index (Phi) is 6.07. The van der Waals surface area contributed by atoms with E-state index in [4.69, 9.17) is 4.99 Å². The number of amidine groups is 3. The summed E-state index contributed by atoms with van der Waals surface area (Å²) < 4.78 is 40.9. The minimum Gasteiger partial charge on any atom is -0.322 e. The number of hydrogen-bond acceptors (Lipinski definition) is 6. The molecule has 12 heteroatoms. The summed E-state index contributed by atoms with van der Waals surface area (Å²) in [4.78, 5) is 34.9. The second-order valence-electron chi connectivity index (χ2n) is 8.41. The first kappa shape index (κ1) is 24.0. The van der Waals surface area contributed by atoms with Crippen LogP contribution >= 0.6 is 0 Å². The number of carbonyl (C=O) groups is 1. The predicted octanol–water partition coefficient (Wildman–Crippen LogP) is 3.79. The Morgan fingerprint density at radius 3 is 2.65 bits per heavy atom. The highest BCUT2D eigenvalue weighted by atomic mass is 19.4. The molecule has 0 radical (unpaired) electrons. The van der Waals surface area contributed by atoms with Gasteiger partial charge in [-0.25, -0.2) is 24.9 Å². The molecule has 2 aliphatic heterocycles. The van der Waals surface area contributed by atoms with E-state index in [9.17, 15) is 18.0 Å². The SMILES string of the molecule is Cc1ccc(C(=O)Nc2cccc(C(F)(F)F)c2)cc1N=C1N=C(c2cncnc2)N=C2N[N+](C)=CC12. The molecule has 2 N–H and O–H groups in total. The second-order valence-corrected chi connectivity index (χ2v) is 8.41. The molecule has 2 aromatic carbocycles. The molecule has 1 aromatic heterocycles. The van der Waals surface area contributed by atoms with Gasteiger partial charge in [0.25, 0.3) is 5.91 Å². The standard InChI is InChI=1S/C25H19F3N8O/c1-14-6-7-15(24(37)31-18-5-3-4-17(9-18)25(26,27)28)8-20(14)32-22-19-12-36(2)35-23(19)34-21(33-22)16-10-29-13-30-11-16/h3-13,19H,1-2H3,(H-,31,32,33,34,35,37)/p+1. The van der Waals surface area contributed by atoms with Gasteiger partial charge in [0.2, 0.25) is 0 Å². The molecule has 186 valence electrons. The Hall–Kier alpha value is -4.74. The number of alkyl halides is 3. The van der Waals surface area contributed by atoms with Gasteiger partial charge in [0.05, 0.1) is 16.8 Å². The van der Waals surface area contributed by atoms with Crippen LogP contribution in [-0.4, -0.2) is 51.3 Å². The summed E-state index contributed by atoms with van der Waals surface area (Å²) in [6.45, 7) is 1.84. The third-order valence-corrected chi connectivity index (χ3v) is 5.66. The van der Waals surface area contributed by atoms with Crippen molar-refractivity contribution in [2.75, 3.05) is 12.4 Å². The topological polar surface area (TPSA) is 107 Å². The van der Waals surface area contributed by atoms with Crippen LogP contribution in [0.1, 0.15) is 27.0 Å². The maximum atomic E-state index is 13.0. The average molecular weight is 505 g/mol. The number of hydrazone groups is 1. The van der Waals surface area contributed by atoms with Gasteiger partial charge in [0, 0.05) is 23.6 Å². The summed E-state index contributed by atoms with van der Waals surface area (Å²) >= 11 is 0. The lowest BCUT2D eigenvalue weighted by Crippen LogP contribution is -2.34. The van der Waals surface area contributed by atoms with Gasteiger partial charge in [-0.1, -0.05) is 12.1 Å². The first-order chi connectivity index (χ1) is 17.7. The third kappa shape index (κ3) is 5.13. The predicted molar refractivity (Wildman–Crippen MR) is 133 cm³/mol. The molecule has 0 bridgehead atoms. The molecule has 0 fully saturated rings. The minimum absolute atomic E-state index is 0.0374. The van der Waals surface area contributed by atoms with Crippen LogP contribution in [0.25, 0.3) is 0 Å². The van der Waals surface area contributed by atoms with Crippen LogP contribution in [0.2, 0.25) is 0 Å². The zero-order valence-electron chi connectivity index (χ0n) is 19.7. The molecule has 1 amide bonds. The van der Waals surface area contributed by atoms with E-state index in [2.05, 4.69) is 30.7 Å². The van der Waals surface area contributed by atoms with E-state index in [0.29, 0.717) is 28.8 Å². The van der Waals surface area contributed by atoms with E-state index in [0.717, 1.165) is 17.7 Å². The molecule has 2 aliphatic rings. The minimum atomic E-state index is -4.51. The van der Waals surface area contributed by atoms with Gasteiger partial charge in [0.1, 0.15) is 6.33 Å². The summed E-state index contributed by atoms with van der Waals surface area (Å²) in [7, 11) is 1.83. The van der Waals surface area contributed by atoms with Crippen molar-refractivity contribution in [1.82, 2.24) is 15.4 Å². The third-order valence-electron chi connectivity index (χ3n) is 5.66. The molecule has 1 atom stereocenters. The van der Waals surface area contributed by atoms with Gasteiger partial charge in [-0.3, -0.25) is 4.79 Å². The number of aromatic nitrogens is 2. The summed E-state index contributed by atoms with van der Waals surface area (Å²) in [5.41, 5.74) is 4.45. The number of rotatable bonds is 4. The van der Waals surface area contributed by atoms with Crippen LogP contribution < -0.4 is 10.7 Å². The Morgan fingerprint density at radius 2 is 1.89 bits per heavy atom. The van der Waals surface area contributed by atoms with E-state index in [1.807, 2.05) is 20.2 Å². The number of carbonyl (C=O) groups excluding carboxylic acids is 1. The number of aryl methyl sites for hydroxylation is 1. The van der Waals surface area contributed by atoms with Gasteiger partial charge < -0.3 is 5.32 Å². The van der Waals surface area contributed by atoms with Gasteiger partial charge in [-0.05, 0) is 42.8 Å². The second kappa shape index (κ2) is 9.37. The van der Waals surface area contributed by atoms with Gasteiger partial charge in [0.15, 0.2) is 36.7 Å². The van der Waals surface area contributed by atoms with Crippen LogP contribution in [0.15, 0.2) is 76.2 Å². The highest BCUT2D eigenvalue weighted by molar-refractivity contribution is 6.27. The molecule has 0 aliphatic carbocycles. The quantitative estimate of drug-likeness (QED) is 0.526. The highest BCUT2D eigenvalue weighted by Crippen LogP contribution is 2.31. The molecule has 0 saturated carbocycles. The fraction of sp³-hybridized carbons (Fsp3) is 0.160. The van der Waals surface area contributed by atoms with E-state index in [1.54, 1.807) is 35.3 Å². The van der Waals surface area contributed by atoms with Crippen LogP contribution in [0, 0.1) is 12.8 Å². The van der Waals surface area contributed by atoms with Gasteiger partial charge in [-0.15, -0.1) is 4.68 Å². The lowest BCUT2D eigenvalue weighted by molar-refractivity contribution is -0.532. The van der Waals surface area contributed by atoms with Crippen LogP contribution in [0.4, 0.5) is 24.5 Å². The molecule has 3 aromatic rings.